The van der Waals surface area contributed by atoms with Crippen molar-refractivity contribution in [2.24, 2.45) is 5.16 Å². The maximum Gasteiger partial charge on any atom is 0.416 e. The Morgan fingerprint density at radius 2 is 2.03 bits per heavy atom. The van der Waals surface area contributed by atoms with E-state index in [0.717, 1.165) is 54.3 Å². The Bertz CT molecular complexity index is 1060. The summed E-state index contributed by atoms with van der Waals surface area (Å²) >= 11 is 1.37. The number of oxime groups is 1. The number of nitrogens with zero attached hydrogens (tertiary/aromatic N) is 2. The molecule has 1 aliphatic rings. The molecular weight excluding hydrogens is 433 g/mol. The van der Waals surface area contributed by atoms with Crippen molar-refractivity contribution in [1.82, 2.24) is 0 Å². The number of carbonyl (C=O) groups excluding carboxylic acids is 2. The maximum absolute atomic E-state index is 12.7. The van der Waals surface area contributed by atoms with Gasteiger partial charge in [0.2, 0.25) is 0 Å². The molecule has 0 unspecified atom stereocenters. The minimum absolute atomic E-state index is 0.0605. The molecule has 162 valence electrons. The summed E-state index contributed by atoms with van der Waals surface area (Å²) < 4.78 is 38.1. The molecular formula is C20H17F3N4O3S. The Hall–Kier alpha value is -3.39. The summed E-state index contributed by atoms with van der Waals surface area (Å²) in [6.07, 6.45) is -0.0757. The summed E-state index contributed by atoms with van der Waals surface area (Å²) in [6, 6.07) is 6.25. The third kappa shape index (κ3) is 5.82. The second kappa shape index (κ2) is 9.61. The lowest BCUT2D eigenvalue weighted by Crippen LogP contribution is -2.18. The minimum atomic E-state index is -4.53. The van der Waals surface area contributed by atoms with Gasteiger partial charge in [0.1, 0.15) is 17.3 Å². The molecule has 0 spiro atoms. The van der Waals surface area contributed by atoms with Crippen LogP contribution in [0, 0.1) is 11.3 Å². The van der Waals surface area contributed by atoms with Crippen LogP contribution in [0.3, 0.4) is 0 Å². The number of thiophene rings is 1. The third-order valence-corrected chi connectivity index (χ3v) is 5.64. The first kappa shape index (κ1) is 22.3. The molecule has 0 aliphatic heterocycles. The number of amides is 2. The van der Waals surface area contributed by atoms with E-state index in [1.54, 1.807) is 0 Å². The van der Waals surface area contributed by atoms with Crippen LogP contribution in [0.4, 0.5) is 23.9 Å². The van der Waals surface area contributed by atoms with Gasteiger partial charge in [-0.15, -0.1) is 11.3 Å². The van der Waals surface area contributed by atoms with E-state index in [1.165, 1.54) is 17.4 Å². The van der Waals surface area contributed by atoms with Crippen LogP contribution in [0.5, 0.6) is 0 Å². The molecule has 0 bridgehead atoms. The Balaban J connectivity index is 1.49. The van der Waals surface area contributed by atoms with Gasteiger partial charge in [0.05, 0.1) is 11.1 Å². The Kier molecular flexibility index (Phi) is 6.91. The molecule has 31 heavy (non-hydrogen) atoms. The molecule has 11 heteroatoms. The number of anilines is 2. The molecule has 1 aromatic carbocycles. The highest BCUT2D eigenvalue weighted by Crippen LogP contribution is 2.37. The summed E-state index contributed by atoms with van der Waals surface area (Å²) in [5.74, 6) is -1.37. The van der Waals surface area contributed by atoms with E-state index in [1.807, 2.05) is 0 Å². The van der Waals surface area contributed by atoms with Crippen molar-refractivity contribution in [3.05, 3.63) is 45.8 Å². The number of alkyl halides is 3. The average molecular weight is 450 g/mol. The van der Waals surface area contributed by atoms with Crippen LogP contribution in [0.25, 0.3) is 0 Å². The summed E-state index contributed by atoms with van der Waals surface area (Å²) in [5, 5.41) is 18.0. The first-order chi connectivity index (χ1) is 14.8. The topological polar surface area (TPSA) is 104 Å². The van der Waals surface area contributed by atoms with Crippen LogP contribution in [-0.4, -0.2) is 24.6 Å². The van der Waals surface area contributed by atoms with Crippen molar-refractivity contribution in [3.63, 3.8) is 0 Å². The van der Waals surface area contributed by atoms with Crippen molar-refractivity contribution in [2.75, 3.05) is 17.2 Å². The summed E-state index contributed by atoms with van der Waals surface area (Å²) in [4.78, 5) is 29.7. The fraction of sp³-hybridized carbons (Fsp3) is 0.300. The summed E-state index contributed by atoms with van der Waals surface area (Å²) in [7, 11) is 0. The first-order valence-electron chi connectivity index (χ1n) is 9.26. The highest BCUT2D eigenvalue weighted by Gasteiger charge is 2.30. The number of benzene rings is 1. The number of nitriles is 1. The summed E-state index contributed by atoms with van der Waals surface area (Å²) in [6.45, 7) is -0.499. The van der Waals surface area contributed by atoms with E-state index in [-0.39, 0.29) is 5.69 Å². The Morgan fingerprint density at radius 1 is 1.26 bits per heavy atom. The van der Waals surface area contributed by atoms with Crippen molar-refractivity contribution >= 4 is 40.1 Å². The van der Waals surface area contributed by atoms with E-state index in [9.17, 15) is 28.0 Å². The van der Waals surface area contributed by atoms with Gasteiger partial charge in [-0.05, 0) is 49.4 Å². The number of carbonyl (C=O) groups is 2. The predicted octanol–water partition coefficient (Wildman–Crippen LogP) is 4.10. The highest BCUT2D eigenvalue weighted by atomic mass is 32.1. The van der Waals surface area contributed by atoms with Gasteiger partial charge in [0.25, 0.3) is 11.8 Å². The van der Waals surface area contributed by atoms with Crippen molar-refractivity contribution in [2.45, 2.75) is 31.9 Å². The number of aryl methyl sites for hydroxylation is 1. The molecule has 0 radical (unpaired) electrons. The largest absolute Gasteiger partial charge is 0.416 e. The smallest absolute Gasteiger partial charge is 0.385 e. The zero-order chi connectivity index (χ0) is 22.4. The lowest BCUT2D eigenvalue weighted by atomic mass is 9.96. The van der Waals surface area contributed by atoms with E-state index in [2.05, 4.69) is 21.9 Å². The van der Waals surface area contributed by atoms with E-state index < -0.39 is 30.2 Å². The monoisotopic (exact) mass is 450 g/mol. The van der Waals surface area contributed by atoms with Gasteiger partial charge in [-0.3, -0.25) is 9.59 Å². The summed E-state index contributed by atoms with van der Waals surface area (Å²) in [5.41, 5.74) is 0.494. The molecule has 3 rings (SSSR count). The molecule has 2 aromatic rings. The van der Waals surface area contributed by atoms with Gasteiger partial charge in [-0.1, -0.05) is 11.2 Å². The fourth-order valence-corrected chi connectivity index (χ4v) is 4.32. The van der Waals surface area contributed by atoms with E-state index in [4.69, 9.17) is 4.84 Å². The second-order valence-corrected chi connectivity index (χ2v) is 7.76. The first-order valence-corrected chi connectivity index (χ1v) is 10.1. The molecule has 2 amide bonds. The molecule has 0 saturated heterocycles. The number of nitrogens with one attached hydrogen (secondary N) is 2. The molecule has 2 N–H and O–H groups in total. The zero-order valence-corrected chi connectivity index (χ0v) is 16.9. The molecule has 1 aliphatic carbocycles. The van der Waals surface area contributed by atoms with Crippen molar-refractivity contribution in [1.29, 1.82) is 5.26 Å². The molecule has 0 atom stereocenters. The van der Waals surface area contributed by atoms with Gasteiger partial charge in [-0.25, -0.2) is 0 Å². The lowest BCUT2D eigenvalue weighted by molar-refractivity contribution is -0.137. The van der Waals surface area contributed by atoms with Gasteiger partial charge < -0.3 is 15.5 Å². The Labute approximate surface area is 179 Å². The Morgan fingerprint density at radius 3 is 2.77 bits per heavy atom. The highest BCUT2D eigenvalue weighted by molar-refractivity contribution is 7.16. The van der Waals surface area contributed by atoms with Gasteiger partial charge in [0, 0.05) is 10.6 Å². The third-order valence-electron chi connectivity index (χ3n) is 4.43. The van der Waals surface area contributed by atoms with Crippen LogP contribution in [-0.2, 0) is 33.4 Å². The number of rotatable bonds is 6. The number of fused-ring (bicyclic) bond motifs is 1. The standard InChI is InChI=1S/C20H17F3N4O3S/c21-20(22,23)12-4-3-5-13(8-12)26-17(28)10-25-30-11-18(29)27-19-15(9-24)14-6-1-2-7-16(14)31-19/h3-5,8,10H,1-2,6-7,11H2,(H,26,28)(H,27,29)/b25-10+. The predicted molar refractivity (Wildman–Crippen MR) is 109 cm³/mol. The van der Waals surface area contributed by atoms with Crippen LogP contribution >= 0.6 is 11.3 Å². The molecule has 0 saturated carbocycles. The number of halogens is 3. The van der Waals surface area contributed by atoms with E-state index in [0.29, 0.717) is 16.8 Å². The van der Waals surface area contributed by atoms with Crippen LogP contribution in [0.15, 0.2) is 29.4 Å². The van der Waals surface area contributed by atoms with Crippen LogP contribution < -0.4 is 10.6 Å². The quantitative estimate of drug-likeness (QED) is 0.511. The zero-order valence-electron chi connectivity index (χ0n) is 16.1. The van der Waals surface area contributed by atoms with Crippen LogP contribution in [0.2, 0.25) is 0 Å². The van der Waals surface area contributed by atoms with Crippen molar-refractivity contribution in [3.8, 4) is 6.07 Å². The van der Waals surface area contributed by atoms with Crippen LogP contribution in [0.1, 0.15) is 34.4 Å². The number of hydrogen-bond donors (Lipinski definition) is 2. The van der Waals surface area contributed by atoms with Gasteiger partial charge in [-0.2, -0.15) is 18.4 Å². The van der Waals surface area contributed by atoms with Gasteiger partial charge >= 0.3 is 6.18 Å². The molecule has 0 fully saturated rings. The number of hydrogen-bond acceptors (Lipinski definition) is 6. The molecule has 7 nitrogen and oxygen atoms in total. The minimum Gasteiger partial charge on any atom is -0.385 e. The SMILES string of the molecule is N#Cc1c(NC(=O)CO/N=C/C(=O)Nc2cccc(C(F)(F)F)c2)sc2c1CCCC2. The molecule has 1 heterocycles. The van der Waals surface area contributed by atoms with Gasteiger partial charge in [0.15, 0.2) is 6.61 Å². The fourth-order valence-electron chi connectivity index (χ4n) is 3.06. The van der Waals surface area contributed by atoms with Crippen molar-refractivity contribution < 1.29 is 27.6 Å². The molecule has 1 aromatic heterocycles. The second-order valence-electron chi connectivity index (χ2n) is 6.65. The average Bonchev–Trinajstić information content (AvgIpc) is 3.07. The maximum atomic E-state index is 12.7. The lowest BCUT2D eigenvalue weighted by Gasteiger charge is -2.09. The normalized spacial score (nSPS) is 13.4. The van der Waals surface area contributed by atoms with E-state index >= 15 is 0 Å².